The number of imidazole rings is 1. The minimum atomic E-state index is -0.0896. The van der Waals surface area contributed by atoms with Gasteiger partial charge in [-0.15, -0.1) is 0 Å². The molecule has 0 bridgehead atoms. The first kappa shape index (κ1) is 13.1. The quantitative estimate of drug-likeness (QED) is 0.871. The van der Waals surface area contributed by atoms with E-state index in [1.165, 1.54) is 0 Å². The molecule has 1 amide bonds. The van der Waals surface area contributed by atoms with E-state index in [1.54, 1.807) is 37.6 Å². The molecule has 2 rings (SSSR count). The molecule has 6 nitrogen and oxygen atoms in total. The first-order valence-corrected chi connectivity index (χ1v) is 6.00. The molecule has 0 fully saturated rings. The molecule has 2 aromatic rings. The van der Waals surface area contributed by atoms with Crippen LogP contribution in [0.5, 0.6) is 0 Å². The smallest absolute Gasteiger partial charge is 0.257 e. The lowest BCUT2D eigenvalue weighted by Crippen LogP contribution is -2.27. The Hall–Kier alpha value is -2.37. The summed E-state index contributed by atoms with van der Waals surface area (Å²) in [5.74, 6) is 0.662. The van der Waals surface area contributed by atoms with Gasteiger partial charge in [0, 0.05) is 38.4 Å². The first-order valence-electron chi connectivity index (χ1n) is 6.00. The second-order valence-electron chi connectivity index (χ2n) is 4.32. The number of nitrogens with zero attached hydrogens (tertiary/aromatic N) is 3. The van der Waals surface area contributed by atoms with Gasteiger partial charge in [0.05, 0.1) is 17.8 Å². The molecule has 2 heterocycles. The molecule has 19 heavy (non-hydrogen) atoms. The van der Waals surface area contributed by atoms with Crippen molar-refractivity contribution in [3.05, 3.63) is 41.7 Å². The summed E-state index contributed by atoms with van der Waals surface area (Å²) >= 11 is 0. The van der Waals surface area contributed by atoms with Crippen LogP contribution in [0.3, 0.4) is 0 Å². The van der Waals surface area contributed by atoms with Gasteiger partial charge in [0.2, 0.25) is 0 Å². The summed E-state index contributed by atoms with van der Waals surface area (Å²) < 4.78 is 0. The van der Waals surface area contributed by atoms with Crippen molar-refractivity contribution >= 4 is 11.6 Å². The van der Waals surface area contributed by atoms with Gasteiger partial charge >= 0.3 is 0 Å². The molecule has 0 saturated carbocycles. The third-order valence-corrected chi connectivity index (χ3v) is 2.83. The van der Waals surface area contributed by atoms with E-state index in [4.69, 9.17) is 0 Å². The molecule has 0 aliphatic rings. The van der Waals surface area contributed by atoms with Crippen LogP contribution in [0.1, 0.15) is 21.9 Å². The zero-order chi connectivity index (χ0) is 13.8. The first-order chi connectivity index (χ1) is 9.11. The number of hydrogen-bond donors (Lipinski definition) is 2. The Morgan fingerprint density at radius 2 is 2.26 bits per heavy atom. The molecule has 0 unspecified atom stereocenters. The number of aromatic amines is 1. The molecule has 0 atom stereocenters. The van der Waals surface area contributed by atoms with Crippen molar-refractivity contribution in [1.29, 1.82) is 0 Å². The van der Waals surface area contributed by atoms with Gasteiger partial charge in [-0.1, -0.05) is 0 Å². The molecule has 6 heteroatoms. The number of anilines is 1. The van der Waals surface area contributed by atoms with Crippen LogP contribution in [-0.2, 0) is 6.54 Å². The number of hydrogen-bond acceptors (Lipinski definition) is 4. The van der Waals surface area contributed by atoms with Gasteiger partial charge < -0.3 is 15.2 Å². The molecule has 0 aliphatic heterocycles. The summed E-state index contributed by atoms with van der Waals surface area (Å²) in [4.78, 5) is 25.2. The number of aromatic nitrogens is 3. The summed E-state index contributed by atoms with van der Waals surface area (Å²) in [6.45, 7) is 2.32. The Balaban J connectivity index is 2.19. The lowest BCUT2D eigenvalue weighted by atomic mass is 10.2. The highest BCUT2D eigenvalue weighted by Crippen LogP contribution is 2.17. The number of H-pyrrole nitrogens is 1. The summed E-state index contributed by atoms with van der Waals surface area (Å²) in [6, 6.07) is 1.86. The van der Waals surface area contributed by atoms with Crippen molar-refractivity contribution in [2.75, 3.05) is 19.4 Å². The lowest BCUT2D eigenvalue weighted by molar-refractivity contribution is 0.0782. The lowest BCUT2D eigenvalue weighted by Gasteiger charge is -2.17. The Morgan fingerprint density at radius 1 is 1.47 bits per heavy atom. The van der Waals surface area contributed by atoms with Gasteiger partial charge in [-0.3, -0.25) is 9.78 Å². The van der Waals surface area contributed by atoms with Crippen LogP contribution in [0.2, 0.25) is 0 Å². The van der Waals surface area contributed by atoms with Crippen molar-refractivity contribution in [3.63, 3.8) is 0 Å². The van der Waals surface area contributed by atoms with Gasteiger partial charge in [-0.2, -0.15) is 0 Å². The summed E-state index contributed by atoms with van der Waals surface area (Å²) in [5, 5.41) is 3.02. The minimum Gasteiger partial charge on any atom is -0.387 e. The van der Waals surface area contributed by atoms with E-state index < -0.39 is 0 Å². The van der Waals surface area contributed by atoms with Crippen molar-refractivity contribution in [3.8, 4) is 0 Å². The Labute approximate surface area is 111 Å². The maximum Gasteiger partial charge on any atom is 0.257 e. The maximum atomic E-state index is 12.4. The molecule has 0 aliphatic carbocycles. The van der Waals surface area contributed by atoms with E-state index in [0.717, 1.165) is 17.2 Å². The highest BCUT2D eigenvalue weighted by atomic mass is 16.2. The molecule has 2 aromatic heterocycles. The standard InChI is InChI=1S/C13H17N5O/c1-9-6-11(14-2)10(7-17-9)13(19)18(3)8-12-15-4-5-16-12/h4-7H,8H2,1-3H3,(H,14,17)(H,15,16). The van der Waals surface area contributed by atoms with Crippen LogP contribution in [0, 0.1) is 6.92 Å². The number of carbonyl (C=O) groups is 1. The average molecular weight is 259 g/mol. The van der Waals surface area contributed by atoms with Crippen molar-refractivity contribution in [2.45, 2.75) is 13.5 Å². The van der Waals surface area contributed by atoms with Crippen LogP contribution in [-0.4, -0.2) is 39.9 Å². The highest BCUT2D eigenvalue weighted by molar-refractivity contribution is 5.99. The normalized spacial score (nSPS) is 10.3. The van der Waals surface area contributed by atoms with E-state index in [9.17, 15) is 4.79 Å². The van der Waals surface area contributed by atoms with E-state index in [1.807, 2.05) is 13.0 Å². The Kier molecular flexibility index (Phi) is 3.79. The zero-order valence-corrected chi connectivity index (χ0v) is 11.3. The highest BCUT2D eigenvalue weighted by Gasteiger charge is 2.17. The molecule has 2 N–H and O–H groups in total. The molecular formula is C13H17N5O. The van der Waals surface area contributed by atoms with Crippen LogP contribution in [0.15, 0.2) is 24.7 Å². The van der Waals surface area contributed by atoms with Gasteiger partial charge in [-0.25, -0.2) is 4.98 Å². The topological polar surface area (TPSA) is 73.9 Å². The fraction of sp³-hybridized carbons (Fsp3) is 0.308. The summed E-state index contributed by atoms with van der Waals surface area (Å²) in [6.07, 6.45) is 5.00. The van der Waals surface area contributed by atoms with E-state index in [0.29, 0.717) is 12.1 Å². The monoisotopic (exact) mass is 259 g/mol. The number of amides is 1. The minimum absolute atomic E-state index is 0.0896. The molecule has 100 valence electrons. The summed E-state index contributed by atoms with van der Waals surface area (Å²) in [5.41, 5.74) is 2.21. The molecular weight excluding hydrogens is 242 g/mol. The zero-order valence-electron chi connectivity index (χ0n) is 11.3. The van der Waals surface area contributed by atoms with Gasteiger partial charge in [0.25, 0.3) is 5.91 Å². The molecule has 0 radical (unpaired) electrons. The number of rotatable bonds is 4. The van der Waals surface area contributed by atoms with E-state index in [2.05, 4.69) is 20.3 Å². The van der Waals surface area contributed by atoms with E-state index >= 15 is 0 Å². The predicted octanol–water partition coefficient (Wildman–Crippen LogP) is 1.43. The third kappa shape index (κ3) is 2.90. The largest absolute Gasteiger partial charge is 0.387 e. The predicted molar refractivity (Wildman–Crippen MR) is 72.9 cm³/mol. The second-order valence-corrected chi connectivity index (χ2v) is 4.32. The van der Waals surface area contributed by atoms with Crippen LogP contribution >= 0.6 is 0 Å². The van der Waals surface area contributed by atoms with Crippen LogP contribution < -0.4 is 5.32 Å². The number of carbonyl (C=O) groups excluding carboxylic acids is 1. The molecule has 0 aromatic carbocycles. The van der Waals surface area contributed by atoms with Crippen LogP contribution in [0.25, 0.3) is 0 Å². The fourth-order valence-electron chi connectivity index (χ4n) is 1.82. The SMILES string of the molecule is CNc1cc(C)ncc1C(=O)N(C)Cc1ncc[nH]1. The molecule has 0 spiro atoms. The van der Waals surface area contributed by atoms with E-state index in [-0.39, 0.29) is 5.91 Å². The molecule has 0 saturated heterocycles. The van der Waals surface area contributed by atoms with Crippen LogP contribution in [0.4, 0.5) is 5.69 Å². The van der Waals surface area contributed by atoms with Gasteiger partial charge in [0.15, 0.2) is 0 Å². The van der Waals surface area contributed by atoms with Crippen molar-refractivity contribution < 1.29 is 4.79 Å². The number of pyridine rings is 1. The second kappa shape index (κ2) is 5.51. The number of nitrogens with one attached hydrogen (secondary N) is 2. The van der Waals surface area contributed by atoms with Gasteiger partial charge in [0.1, 0.15) is 5.82 Å². The Morgan fingerprint density at radius 3 is 2.89 bits per heavy atom. The van der Waals surface area contributed by atoms with Crippen molar-refractivity contribution in [1.82, 2.24) is 19.9 Å². The summed E-state index contributed by atoms with van der Waals surface area (Å²) in [7, 11) is 3.53. The Bertz CT molecular complexity index is 564. The number of aryl methyl sites for hydroxylation is 1. The fourth-order valence-corrected chi connectivity index (χ4v) is 1.82. The third-order valence-electron chi connectivity index (χ3n) is 2.83. The maximum absolute atomic E-state index is 12.4. The van der Waals surface area contributed by atoms with Crippen molar-refractivity contribution in [2.24, 2.45) is 0 Å². The average Bonchev–Trinajstić information content (AvgIpc) is 2.90. The van der Waals surface area contributed by atoms with Gasteiger partial charge in [-0.05, 0) is 13.0 Å².